The van der Waals surface area contributed by atoms with Crippen LogP contribution in [0.1, 0.15) is 23.7 Å². The Labute approximate surface area is 102 Å². The van der Waals surface area contributed by atoms with E-state index in [4.69, 9.17) is 11.6 Å². The lowest BCUT2D eigenvalue weighted by molar-refractivity contribution is 0.0909. The minimum Gasteiger partial charge on any atom is -0.391 e. The molecule has 0 aliphatic heterocycles. The number of amides is 1. The third-order valence-electron chi connectivity index (χ3n) is 2.22. The average molecular weight is 264 g/mol. The summed E-state index contributed by atoms with van der Waals surface area (Å²) < 4.78 is 26.4. The number of carbonyl (C=O) groups is 1. The monoisotopic (exact) mass is 263 g/mol. The predicted molar refractivity (Wildman–Crippen MR) is 60.0 cm³/mol. The van der Waals surface area contributed by atoms with Gasteiger partial charge < -0.3 is 10.4 Å². The van der Waals surface area contributed by atoms with E-state index in [9.17, 15) is 18.7 Å². The van der Waals surface area contributed by atoms with Crippen molar-refractivity contribution < 1.29 is 18.7 Å². The van der Waals surface area contributed by atoms with Crippen molar-refractivity contribution in [2.45, 2.75) is 19.4 Å². The van der Waals surface area contributed by atoms with Gasteiger partial charge in [0.25, 0.3) is 5.91 Å². The number of nitrogens with one attached hydrogen (secondary N) is 1. The van der Waals surface area contributed by atoms with Gasteiger partial charge in [-0.2, -0.15) is 0 Å². The molecule has 0 radical (unpaired) electrons. The lowest BCUT2D eigenvalue weighted by Crippen LogP contribution is -2.32. The Bertz CT molecular complexity index is 426. The quantitative estimate of drug-likeness (QED) is 0.818. The van der Waals surface area contributed by atoms with E-state index in [-0.39, 0.29) is 11.6 Å². The fourth-order valence-electron chi connectivity index (χ4n) is 1.15. The van der Waals surface area contributed by atoms with Crippen molar-refractivity contribution in [1.29, 1.82) is 0 Å². The molecule has 1 atom stereocenters. The number of aliphatic hydroxyl groups is 1. The normalized spacial score (nSPS) is 12.3. The summed E-state index contributed by atoms with van der Waals surface area (Å²) in [7, 11) is 0. The summed E-state index contributed by atoms with van der Waals surface area (Å²) in [5, 5.41) is 11.1. The molecule has 94 valence electrons. The van der Waals surface area contributed by atoms with E-state index in [0.717, 1.165) is 12.1 Å². The highest BCUT2D eigenvalue weighted by atomic mass is 35.5. The molecule has 1 amide bonds. The van der Waals surface area contributed by atoms with Crippen LogP contribution in [0.25, 0.3) is 0 Å². The Hall–Kier alpha value is -1.20. The SMILES string of the molecule is CCC(O)CNC(=O)c1cc(F)c(Cl)cc1F. The van der Waals surface area contributed by atoms with Gasteiger partial charge in [-0.1, -0.05) is 18.5 Å². The molecular weight excluding hydrogens is 252 g/mol. The van der Waals surface area contributed by atoms with E-state index in [1.54, 1.807) is 6.92 Å². The van der Waals surface area contributed by atoms with Crippen molar-refractivity contribution in [3.05, 3.63) is 34.4 Å². The summed E-state index contributed by atoms with van der Waals surface area (Å²) in [4.78, 5) is 11.5. The standard InChI is InChI=1S/C11H12ClF2NO2/c1-2-6(16)5-15-11(17)7-3-10(14)8(12)4-9(7)13/h3-4,6,16H,2,5H2,1H3,(H,15,17). The maximum Gasteiger partial charge on any atom is 0.254 e. The Morgan fingerprint density at radius 3 is 2.71 bits per heavy atom. The molecule has 3 nitrogen and oxygen atoms in total. The summed E-state index contributed by atoms with van der Waals surface area (Å²) in [5.41, 5.74) is -0.435. The highest BCUT2D eigenvalue weighted by Crippen LogP contribution is 2.19. The van der Waals surface area contributed by atoms with Crippen LogP contribution in [0.15, 0.2) is 12.1 Å². The van der Waals surface area contributed by atoms with E-state index in [2.05, 4.69) is 5.32 Å². The summed E-state index contributed by atoms with van der Waals surface area (Å²) in [6.07, 6.45) is -0.253. The number of rotatable bonds is 4. The van der Waals surface area contributed by atoms with Gasteiger partial charge in [0, 0.05) is 6.54 Å². The van der Waals surface area contributed by atoms with Crippen LogP contribution in [0.5, 0.6) is 0 Å². The first-order chi connectivity index (χ1) is 7.95. The second-order valence-corrected chi connectivity index (χ2v) is 3.93. The molecule has 0 heterocycles. The average Bonchev–Trinajstić information content (AvgIpc) is 2.30. The van der Waals surface area contributed by atoms with Crippen molar-refractivity contribution in [2.75, 3.05) is 6.54 Å². The maximum absolute atomic E-state index is 13.3. The van der Waals surface area contributed by atoms with Gasteiger partial charge in [0.1, 0.15) is 11.6 Å². The van der Waals surface area contributed by atoms with E-state index < -0.39 is 29.2 Å². The molecule has 0 aliphatic rings. The topological polar surface area (TPSA) is 49.3 Å². The fourth-order valence-corrected chi connectivity index (χ4v) is 1.30. The Morgan fingerprint density at radius 2 is 2.12 bits per heavy atom. The maximum atomic E-state index is 13.3. The number of carbonyl (C=O) groups excluding carboxylic acids is 1. The van der Waals surface area contributed by atoms with Gasteiger partial charge in [-0.25, -0.2) is 8.78 Å². The molecular formula is C11H12ClF2NO2. The van der Waals surface area contributed by atoms with E-state index in [0.29, 0.717) is 6.42 Å². The molecule has 0 aliphatic carbocycles. The van der Waals surface area contributed by atoms with Gasteiger partial charge in [-0.15, -0.1) is 0 Å². The molecule has 0 fully saturated rings. The molecule has 0 saturated heterocycles. The Balaban J connectivity index is 2.79. The Morgan fingerprint density at radius 1 is 1.47 bits per heavy atom. The van der Waals surface area contributed by atoms with Crippen molar-refractivity contribution in [3.63, 3.8) is 0 Å². The predicted octanol–water partition coefficient (Wildman–Crippen LogP) is 2.12. The highest BCUT2D eigenvalue weighted by molar-refractivity contribution is 6.30. The third kappa shape index (κ3) is 3.64. The van der Waals surface area contributed by atoms with Gasteiger partial charge in [-0.3, -0.25) is 4.79 Å². The first kappa shape index (κ1) is 13.9. The summed E-state index contributed by atoms with van der Waals surface area (Å²) >= 11 is 5.35. The second-order valence-electron chi connectivity index (χ2n) is 3.52. The lowest BCUT2D eigenvalue weighted by atomic mass is 10.2. The molecule has 1 unspecified atom stereocenters. The highest BCUT2D eigenvalue weighted by Gasteiger charge is 2.15. The molecule has 0 bridgehead atoms. The molecule has 0 aromatic heterocycles. The van der Waals surface area contributed by atoms with Crippen molar-refractivity contribution in [2.24, 2.45) is 0 Å². The van der Waals surface area contributed by atoms with Gasteiger partial charge in [0.15, 0.2) is 0 Å². The van der Waals surface area contributed by atoms with Crippen LogP contribution in [-0.2, 0) is 0 Å². The Kier molecular flexibility index (Phi) is 4.84. The molecule has 1 rings (SSSR count). The van der Waals surface area contributed by atoms with Crippen LogP contribution >= 0.6 is 11.6 Å². The molecule has 1 aromatic rings. The van der Waals surface area contributed by atoms with E-state index >= 15 is 0 Å². The van der Waals surface area contributed by atoms with Crippen molar-refractivity contribution in [1.82, 2.24) is 5.32 Å². The fraction of sp³-hybridized carbons (Fsp3) is 0.364. The minimum atomic E-state index is -0.903. The summed E-state index contributed by atoms with van der Waals surface area (Å²) in [6.45, 7) is 1.72. The number of benzene rings is 1. The first-order valence-electron chi connectivity index (χ1n) is 5.06. The van der Waals surface area contributed by atoms with E-state index in [1.165, 1.54) is 0 Å². The van der Waals surface area contributed by atoms with Crippen LogP contribution in [0.2, 0.25) is 5.02 Å². The molecule has 6 heteroatoms. The van der Waals surface area contributed by atoms with Crippen molar-refractivity contribution in [3.8, 4) is 0 Å². The summed E-state index contributed by atoms with van der Waals surface area (Å²) in [5.74, 6) is -2.56. The van der Waals surface area contributed by atoms with Gasteiger partial charge in [-0.05, 0) is 18.6 Å². The number of aliphatic hydroxyl groups excluding tert-OH is 1. The molecule has 17 heavy (non-hydrogen) atoms. The third-order valence-corrected chi connectivity index (χ3v) is 2.51. The zero-order valence-electron chi connectivity index (χ0n) is 9.14. The van der Waals surface area contributed by atoms with E-state index in [1.807, 2.05) is 0 Å². The number of hydrogen-bond donors (Lipinski definition) is 2. The van der Waals surface area contributed by atoms with Crippen LogP contribution < -0.4 is 5.32 Å². The van der Waals surface area contributed by atoms with Crippen LogP contribution in [0.3, 0.4) is 0 Å². The molecule has 2 N–H and O–H groups in total. The van der Waals surface area contributed by atoms with Crippen LogP contribution in [-0.4, -0.2) is 23.7 Å². The minimum absolute atomic E-state index is 0.0149. The zero-order chi connectivity index (χ0) is 13.0. The first-order valence-corrected chi connectivity index (χ1v) is 5.44. The van der Waals surface area contributed by atoms with Crippen LogP contribution in [0, 0.1) is 11.6 Å². The molecule has 0 spiro atoms. The largest absolute Gasteiger partial charge is 0.391 e. The van der Waals surface area contributed by atoms with Crippen LogP contribution in [0.4, 0.5) is 8.78 Å². The van der Waals surface area contributed by atoms with Crippen molar-refractivity contribution >= 4 is 17.5 Å². The number of halogens is 3. The number of hydrogen-bond acceptors (Lipinski definition) is 2. The van der Waals surface area contributed by atoms with Gasteiger partial charge in [0.2, 0.25) is 0 Å². The molecule has 1 aromatic carbocycles. The lowest BCUT2D eigenvalue weighted by Gasteiger charge is -2.10. The smallest absolute Gasteiger partial charge is 0.254 e. The summed E-state index contributed by atoms with van der Waals surface area (Å²) in [6, 6.07) is 1.47. The molecule has 0 saturated carbocycles. The van der Waals surface area contributed by atoms with Gasteiger partial charge in [0.05, 0.1) is 16.7 Å². The second kappa shape index (κ2) is 5.93. The zero-order valence-corrected chi connectivity index (χ0v) is 9.89. The van der Waals surface area contributed by atoms with Gasteiger partial charge >= 0.3 is 0 Å².